The third-order valence-electron chi connectivity index (χ3n) is 2.16. The van der Waals surface area contributed by atoms with Crippen LogP contribution in [0.4, 0.5) is 0 Å². The molecule has 0 aliphatic heterocycles. The minimum Gasteiger partial charge on any atom is -0.395 e. The van der Waals surface area contributed by atoms with Crippen molar-refractivity contribution in [2.45, 2.75) is 6.92 Å². The summed E-state index contributed by atoms with van der Waals surface area (Å²) in [5.74, 6) is -3.40. The third-order valence-corrected chi connectivity index (χ3v) is 2.16. The first-order chi connectivity index (χ1) is 7.45. The van der Waals surface area contributed by atoms with Crippen molar-refractivity contribution in [1.29, 1.82) is 0 Å². The molecule has 0 fully saturated rings. The van der Waals surface area contributed by atoms with Gasteiger partial charge >= 0.3 is 11.9 Å². The summed E-state index contributed by atoms with van der Waals surface area (Å²) >= 11 is 0. The summed E-state index contributed by atoms with van der Waals surface area (Å²) in [6.07, 6.45) is 0. The van der Waals surface area contributed by atoms with Crippen LogP contribution in [0.3, 0.4) is 0 Å². The zero-order valence-corrected chi connectivity index (χ0v) is 8.92. The molecule has 0 saturated carbocycles. The fourth-order valence-electron chi connectivity index (χ4n) is 0.684. The Kier molecular flexibility index (Phi) is 6.12. The Hall–Kier alpha value is -1.02. The summed E-state index contributed by atoms with van der Waals surface area (Å²) in [7, 11) is 0. The molecule has 0 aliphatic carbocycles. The lowest BCUT2D eigenvalue weighted by atomic mass is 9.93. The molecule has 0 amide bonds. The molecule has 0 bridgehead atoms. The van der Waals surface area contributed by atoms with Crippen molar-refractivity contribution in [2.75, 3.05) is 26.4 Å². The van der Waals surface area contributed by atoms with E-state index in [1.165, 1.54) is 6.92 Å². The van der Waals surface area contributed by atoms with E-state index in [4.69, 9.17) is 20.4 Å². The van der Waals surface area contributed by atoms with Gasteiger partial charge < -0.3 is 25.2 Å². The molecule has 0 rings (SSSR count). The number of hydrogen-bond donors (Lipinski definition) is 4. The van der Waals surface area contributed by atoms with E-state index in [2.05, 4.69) is 4.74 Å². The van der Waals surface area contributed by atoms with Crippen LogP contribution in [0, 0.1) is 11.3 Å². The molecule has 4 N–H and O–H groups in total. The summed E-state index contributed by atoms with van der Waals surface area (Å²) < 4.78 is 4.32. The molecule has 16 heavy (non-hydrogen) atoms. The van der Waals surface area contributed by atoms with Crippen LogP contribution >= 0.6 is 0 Å². The van der Waals surface area contributed by atoms with Gasteiger partial charge in [0.15, 0.2) is 0 Å². The predicted octanol–water partition coefficient (Wildman–Crippen LogP) is -2.35. The fraction of sp³-hybridized carbons (Fsp3) is 0.778. The Balaban J connectivity index is 4.50. The number of ether oxygens (including phenoxy) is 1. The number of carbonyl (C=O) groups is 2. The molecule has 0 aromatic rings. The van der Waals surface area contributed by atoms with E-state index in [1.807, 2.05) is 0 Å². The molecule has 0 aromatic carbocycles. The standard InChI is InChI=1S/C9H16O7/c1-9(4-12,5-13)8(15)16-7(14)6(2-10)3-11/h6,10-13H,2-5H2,1H3. The van der Waals surface area contributed by atoms with Crippen molar-refractivity contribution < 1.29 is 34.8 Å². The van der Waals surface area contributed by atoms with E-state index in [0.717, 1.165) is 0 Å². The Bertz CT molecular complexity index is 242. The van der Waals surface area contributed by atoms with Crippen LogP contribution in [0.25, 0.3) is 0 Å². The maximum absolute atomic E-state index is 11.3. The van der Waals surface area contributed by atoms with Crippen molar-refractivity contribution in [1.82, 2.24) is 0 Å². The minimum absolute atomic E-state index is 0.655. The first-order valence-electron chi connectivity index (χ1n) is 4.64. The van der Waals surface area contributed by atoms with Crippen LogP contribution in [0.15, 0.2) is 0 Å². The number of hydrogen-bond acceptors (Lipinski definition) is 7. The van der Waals surface area contributed by atoms with Crippen molar-refractivity contribution in [2.24, 2.45) is 11.3 Å². The van der Waals surface area contributed by atoms with Gasteiger partial charge in [-0.3, -0.25) is 9.59 Å². The highest BCUT2D eigenvalue weighted by Gasteiger charge is 2.36. The van der Waals surface area contributed by atoms with Crippen LogP contribution in [-0.2, 0) is 14.3 Å². The lowest BCUT2D eigenvalue weighted by Gasteiger charge is -2.22. The van der Waals surface area contributed by atoms with Crippen molar-refractivity contribution in [3.8, 4) is 0 Å². The van der Waals surface area contributed by atoms with Gasteiger partial charge in [0.1, 0.15) is 11.3 Å². The lowest BCUT2D eigenvalue weighted by Crippen LogP contribution is -2.40. The molecular weight excluding hydrogens is 220 g/mol. The molecule has 0 spiro atoms. The summed E-state index contributed by atoms with van der Waals surface area (Å²) in [6.45, 7) is -1.46. The molecule has 0 aliphatic rings. The third kappa shape index (κ3) is 3.53. The van der Waals surface area contributed by atoms with Crippen molar-refractivity contribution in [3.05, 3.63) is 0 Å². The van der Waals surface area contributed by atoms with Crippen LogP contribution in [-0.4, -0.2) is 58.8 Å². The van der Waals surface area contributed by atoms with Crippen LogP contribution in [0.2, 0.25) is 0 Å². The number of rotatable bonds is 6. The van der Waals surface area contributed by atoms with Gasteiger partial charge in [0.05, 0.1) is 26.4 Å². The van der Waals surface area contributed by atoms with Crippen molar-refractivity contribution >= 4 is 11.9 Å². The zero-order valence-electron chi connectivity index (χ0n) is 8.92. The van der Waals surface area contributed by atoms with E-state index in [1.54, 1.807) is 0 Å². The summed E-state index contributed by atoms with van der Waals surface area (Å²) in [5, 5.41) is 35.0. The van der Waals surface area contributed by atoms with Crippen LogP contribution in [0.1, 0.15) is 6.92 Å². The minimum atomic E-state index is -1.58. The van der Waals surface area contributed by atoms with Gasteiger partial charge in [-0.05, 0) is 6.92 Å². The molecule has 0 radical (unpaired) electrons. The second-order valence-electron chi connectivity index (χ2n) is 3.65. The van der Waals surface area contributed by atoms with Crippen LogP contribution < -0.4 is 0 Å². The second kappa shape index (κ2) is 6.54. The highest BCUT2D eigenvalue weighted by atomic mass is 16.6. The molecule has 0 unspecified atom stereocenters. The number of esters is 2. The average Bonchev–Trinajstić information content (AvgIpc) is 2.29. The second-order valence-corrected chi connectivity index (χ2v) is 3.65. The van der Waals surface area contributed by atoms with Gasteiger partial charge in [-0.2, -0.15) is 0 Å². The Morgan fingerprint density at radius 2 is 1.56 bits per heavy atom. The molecule has 0 heterocycles. The van der Waals surface area contributed by atoms with E-state index >= 15 is 0 Å². The highest BCUT2D eigenvalue weighted by Crippen LogP contribution is 2.17. The Morgan fingerprint density at radius 1 is 1.12 bits per heavy atom. The molecule has 0 aromatic heterocycles. The molecule has 7 nitrogen and oxygen atoms in total. The maximum atomic E-state index is 11.3. The number of aliphatic hydroxyl groups is 4. The van der Waals surface area contributed by atoms with Crippen molar-refractivity contribution in [3.63, 3.8) is 0 Å². The SMILES string of the molecule is CC(CO)(CO)C(=O)OC(=O)C(CO)CO. The first kappa shape index (κ1) is 15.0. The Morgan fingerprint density at radius 3 is 1.88 bits per heavy atom. The average molecular weight is 236 g/mol. The summed E-state index contributed by atoms with van der Waals surface area (Å²) in [5.41, 5.74) is -1.58. The molecular formula is C9H16O7. The number of aliphatic hydroxyl groups excluding tert-OH is 4. The first-order valence-corrected chi connectivity index (χ1v) is 4.64. The normalized spacial score (nSPS) is 11.6. The summed E-state index contributed by atoms with van der Waals surface area (Å²) in [4.78, 5) is 22.5. The predicted molar refractivity (Wildman–Crippen MR) is 51.0 cm³/mol. The smallest absolute Gasteiger partial charge is 0.324 e. The number of carbonyl (C=O) groups excluding carboxylic acids is 2. The van der Waals surface area contributed by atoms with E-state index in [9.17, 15) is 9.59 Å². The van der Waals surface area contributed by atoms with Gasteiger partial charge in [0, 0.05) is 0 Å². The largest absolute Gasteiger partial charge is 0.395 e. The fourth-order valence-corrected chi connectivity index (χ4v) is 0.684. The maximum Gasteiger partial charge on any atom is 0.324 e. The zero-order chi connectivity index (χ0) is 12.8. The lowest BCUT2D eigenvalue weighted by molar-refractivity contribution is -0.174. The molecule has 0 atom stereocenters. The summed E-state index contributed by atoms with van der Waals surface area (Å²) in [6, 6.07) is 0. The Labute approximate surface area is 92.3 Å². The van der Waals surface area contributed by atoms with Gasteiger partial charge in [-0.25, -0.2) is 0 Å². The monoisotopic (exact) mass is 236 g/mol. The van der Waals surface area contributed by atoms with Gasteiger partial charge in [0.2, 0.25) is 0 Å². The molecule has 94 valence electrons. The molecule has 7 heteroatoms. The van der Waals surface area contributed by atoms with Gasteiger partial charge in [-0.1, -0.05) is 0 Å². The quantitative estimate of drug-likeness (QED) is 0.300. The highest BCUT2D eigenvalue weighted by molar-refractivity contribution is 5.89. The van der Waals surface area contributed by atoms with E-state index in [0.29, 0.717) is 0 Å². The van der Waals surface area contributed by atoms with Crippen LogP contribution in [0.5, 0.6) is 0 Å². The topological polar surface area (TPSA) is 124 Å². The van der Waals surface area contributed by atoms with E-state index < -0.39 is 49.7 Å². The molecule has 0 saturated heterocycles. The van der Waals surface area contributed by atoms with Gasteiger partial charge in [-0.15, -0.1) is 0 Å². The van der Waals surface area contributed by atoms with E-state index in [-0.39, 0.29) is 0 Å². The van der Waals surface area contributed by atoms with Gasteiger partial charge in [0.25, 0.3) is 0 Å².